The van der Waals surface area contributed by atoms with E-state index in [4.69, 9.17) is 10.5 Å². The number of hydrogen-bond donors (Lipinski definition) is 1. The molecule has 0 fully saturated rings. The van der Waals surface area contributed by atoms with E-state index < -0.39 is 23.3 Å². The summed E-state index contributed by atoms with van der Waals surface area (Å²) in [4.78, 5) is 20.9. The fraction of sp³-hybridized carbons (Fsp3) is 0.300. The normalized spacial score (nSPS) is 11.8. The molecule has 0 saturated heterocycles. The number of primary amides is 1. The van der Waals surface area contributed by atoms with Crippen LogP contribution in [0, 0.1) is 10.1 Å². The van der Waals surface area contributed by atoms with Crippen molar-refractivity contribution in [2.45, 2.75) is 5.92 Å². The van der Waals surface area contributed by atoms with Crippen LogP contribution in [0.1, 0.15) is 11.5 Å². The van der Waals surface area contributed by atoms with Crippen LogP contribution in [0.25, 0.3) is 0 Å². The lowest BCUT2D eigenvalue weighted by Gasteiger charge is -2.09. The van der Waals surface area contributed by atoms with Crippen molar-refractivity contribution < 1.29 is 14.5 Å². The third kappa shape index (κ3) is 2.94. The van der Waals surface area contributed by atoms with Crippen molar-refractivity contribution in [2.24, 2.45) is 5.73 Å². The first-order chi connectivity index (χ1) is 7.54. The van der Waals surface area contributed by atoms with Gasteiger partial charge in [-0.1, -0.05) is 12.1 Å². The van der Waals surface area contributed by atoms with Crippen LogP contribution in [0.2, 0.25) is 0 Å². The summed E-state index contributed by atoms with van der Waals surface area (Å²) in [6.45, 7) is -0.498. The van der Waals surface area contributed by atoms with Gasteiger partial charge in [0.2, 0.25) is 12.5 Å². The second-order valence-electron chi connectivity index (χ2n) is 3.24. The van der Waals surface area contributed by atoms with Gasteiger partial charge in [-0.25, -0.2) is 0 Å². The molecule has 1 amide bonds. The van der Waals surface area contributed by atoms with E-state index >= 15 is 0 Å². The van der Waals surface area contributed by atoms with E-state index in [1.807, 2.05) is 0 Å². The molecule has 0 bridgehead atoms. The first-order valence-corrected chi connectivity index (χ1v) is 4.59. The van der Waals surface area contributed by atoms with Crippen molar-refractivity contribution in [3.05, 3.63) is 39.9 Å². The lowest BCUT2D eigenvalue weighted by Crippen LogP contribution is -2.27. The highest BCUT2D eigenvalue weighted by molar-refractivity contribution is 5.82. The van der Waals surface area contributed by atoms with E-state index in [1.165, 1.54) is 7.11 Å². The minimum absolute atomic E-state index is 0.498. The number of nitrogens with two attached hydrogens (primary N) is 1. The Morgan fingerprint density at radius 1 is 1.50 bits per heavy atom. The van der Waals surface area contributed by atoms with E-state index in [9.17, 15) is 14.9 Å². The highest BCUT2D eigenvalue weighted by Gasteiger charge is 2.23. The second kappa shape index (κ2) is 5.11. The Morgan fingerprint density at radius 2 is 2.06 bits per heavy atom. The zero-order valence-corrected chi connectivity index (χ0v) is 8.75. The van der Waals surface area contributed by atoms with Gasteiger partial charge < -0.3 is 10.5 Å². The van der Waals surface area contributed by atoms with Crippen LogP contribution < -0.4 is 10.5 Å². The summed E-state index contributed by atoms with van der Waals surface area (Å²) in [7, 11) is 1.51. The molecule has 0 radical (unpaired) electrons. The van der Waals surface area contributed by atoms with Crippen molar-refractivity contribution >= 4 is 5.91 Å². The summed E-state index contributed by atoms with van der Waals surface area (Å²) in [6, 6.07) is 6.45. The summed E-state index contributed by atoms with van der Waals surface area (Å²) >= 11 is 0. The van der Waals surface area contributed by atoms with Gasteiger partial charge in [-0.2, -0.15) is 0 Å². The molecule has 1 aromatic carbocycles. The monoisotopic (exact) mass is 224 g/mol. The Bertz CT molecular complexity index is 388. The van der Waals surface area contributed by atoms with Crippen LogP contribution in [0.15, 0.2) is 24.3 Å². The zero-order valence-electron chi connectivity index (χ0n) is 8.75. The largest absolute Gasteiger partial charge is 0.497 e. The van der Waals surface area contributed by atoms with Gasteiger partial charge in [0.25, 0.3) is 0 Å². The molecule has 0 spiro atoms. The average molecular weight is 224 g/mol. The van der Waals surface area contributed by atoms with Crippen LogP contribution in [-0.4, -0.2) is 24.5 Å². The molecule has 16 heavy (non-hydrogen) atoms. The average Bonchev–Trinajstić information content (AvgIpc) is 2.25. The Kier molecular flexibility index (Phi) is 3.82. The number of hydrogen-bond acceptors (Lipinski definition) is 4. The lowest BCUT2D eigenvalue weighted by atomic mass is 9.98. The molecule has 6 nitrogen and oxygen atoms in total. The SMILES string of the molecule is COc1ccc([C@H](C[N+](=O)[O-])C(N)=O)cc1. The van der Waals surface area contributed by atoms with Gasteiger partial charge in [-0.05, 0) is 17.7 Å². The molecular weight excluding hydrogens is 212 g/mol. The molecule has 0 unspecified atom stereocenters. The molecule has 0 aliphatic heterocycles. The van der Waals surface area contributed by atoms with E-state index in [0.29, 0.717) is 11.3 Å². The predicted octanol–water partition coefficient (Wildman–Crippen LogP) is 0.541. The Labute approximate surface area is 92.2 Å². The molecule has 1 atom stereocenters. The number of carbonyl (C=O) groups is 1. The molecule has 6 heteroatoms. The maximum atomic E-state index is 11.1. The summed E-state index contributed by atoms with van der Waals surface area (Å²) in [5.74, 6) is -0.990. The first kappa shape index (κ1) is 12.0. The lowest BCUT2D eigenvalue weighted by molar-refractivity contribution is -0.481. The van der Waals surface area contributed by atoms with Crippen LogP contribution in [-0.2, 0) is 4.79 Å². The quantitative estimate of drug-likeness (QED) is 0.583. The van der Waals surface area contributed by atoms with Crippen molar-refractivity contribution in [1.82, 2.24) is 0 Å². The number of carbonyl (C=O) groups excluding carboxylic acids is 1. The third-order valence-corrected chi connectivity index (χ3v) is 2.19. The molecule has 0 aromatic heterocycles. The topological polar surface area (TPSA) is 95.5 Å². The molecule has 0 heterocycles. The van der Waals surface area contributed by atoms with Crippen molar-refractivity contribution in [2.75, 3.05) is 13.7 Å². The van der Waals surface area contributed by atoms with Crippen LogP contribution in [0.4, 0.5) is 0 Å². The summed E-state index contributed by atoms with van der Waals surface area (Å²) < 4.78 is 4.94. The van der Waals surface area contributed by atoms with Gasteiger partial charge >= 0.3 is 0 Å². The van der Waals surface area contributed by atoms with Crippen LogP contribution >= 0.6 is 0 Å². The smallest absolute Gasteiger partial charge is 0.231 e. The standard InChI is InChI=1S/C10H12N2O4/c1-16-8-4-2-7(3-5-8)9(10(11)13)6-12(14)15/h2-5,9H,6H2,1H3,(H2,11,13)/t9-/m0/s1. The molecule has 86 valence electrons. The Hall–Kier alpha value is -2.11. The number of methoxy groups -OCH3 is 1. The van der Waals surface area contributed by atoms with Gasteiger partial charge in [0.1, 0.15) is 11.7 Å². The molecule has 0 aliphatic carbocycles. The van der Waals surface area contributed by atoms with Crippen molar-refractivity contribution in [3.8, 4) is 5.75 Å². The molecule has 1 aromatic rings. The van der Waals surface area contributed by atoms with Crippen molar-refractivity contribution in [3.63, 3.8) is 0 Å². The number of benzene rings is 1. The summed E-state index contributed by atoms with van der Waals surface area (Å²) in [6.07, 6.45) is 0. The van der Waals surface area contributed by atoms with Crippen molar-refractivity contribution in [1.29, 1.82) is 0 Å². The maximum absolute atomic E-state index is 11.1. The number of ether oxygens (including phenoxy) is 1. The summed E-state index contributed by atoms with van der Waals surface area (Å²) in [5, 5.41) is 10.4. The fourth-order valence-corrected chi connectivity index (χ4v) is 1.34. The minimum Gasteiger partial charge on any atom is -0.497 e. The zero-order chi connectivity index (χ0) is 12.1. The van der Waals surface area contributed by atoms with E-state index in [0.717, 1.165) is 0 Å². The number of nitrogens with zero attached hydrogens (tertiary/aromatic N) is 1. The highest BCUT2D eigenvalue weighted by atomic mass is 16.6. The summed E-state index contributed by atoms with van der Waals surface area (Å²) in [5.41, 5.74) is 5.63. The second-order valence-corrected chi connectivity index (χ2v) is 3.24. The highest BCUT2D eigenvalue weighted by Crippen LogP contribution is 2.19. The number of amides is 1. The number of rotatable bonds is 5. The Balaban J connectivity index is 2.92. The van der Waals surface area contributed by atoms with Gasteiger partial charge in [0, 0.05) is 4.92 Å². The molecule has 0 saturated carbocycles. The molecule has 2 N–H and O–H groups in total. The third-order valence-electron chi connectivity index (χ3n) is 2.19. The Morgan fingerprint density at radius 3 is 2.44 bits per heavy atom. The van der Waals surface area contributed by atoms with E-state index in [1.54, 1.807) is 24.3 Å². The van der Waals surface area contributed by atoms with Gasteiger partial charge in [0.05, 0.1) is 7.11 Å². The van der Waals surface area contributed by atoms with Gasteiger partial charge in [-0.15, -0.1) is 0 Å². The van der Waals surface area contributed by atoms with Crippen LogP contribution in [0.5, 0.6) is 5.75 Å². The van der Waals surface area contributed by atoms with Gasteiger partial charge in [-0.3, -0.25) is 14.9 Å². The first-order valence-electron chi connectivity index (χ1n) is 4.59. The minimum atomic E-state index is -0.902. The van der Waals surface area contributed by atoms with E-state index in [-0.39, 0.29) is 0 Å². The fourth-order valence-electron chi connectivity index (χ4n) is 1.34. The molecule has 1 rings (SSSR count). The van der Waals surface area contributed by atoms with Gasteiger partial charge in [0.15, 0.2) is 0 Å². The maximum Gasteiger partial charge on any atom is 0.231 e. The van der Waals surface area contributed by atoms with Crippen LogP contribution in [0.3, 0.4) is 0 Å². The molecular formula is C10H12N2O4. The predicted molar refractivity (Wildman–Crippen MR) is 56.8 cm³/mol. The molecule has 0 aliphatic rings. The van der Waals surface area contributed by atoms with E-state index in [2.05, 4.69) is 0 Å². The number of nitro groups is 1.